The van der Waals surface area contributed by atoms with E-state index in [1.54, 1.807) is 4.57 Å². The van der Waals surface area contributed by atoms with E-state index in [4.69, 9.17) is 0 Å². The molecule has 0 saturated carbocycles. The summed E-state index contributed by atoms with van der Waals surface area (Å²) >= 11 is 3.38. The number of hydrogen-bond acceptors (Lipinski definition) is 3. The van der Waals surface area contributed by atoms with Crippen LogP contribution >= 0.6 is 15.9 Å². The average molecular weight is 389 g/mol. The number of aryl methyl sites for hydroxylation is 1. The number of halogens is 1. The Morgan fingerprint density at radius 2 is 1.79 bits per heavy atom. The van der Waals surface area contributed by atoms with Crippen molar-refractivity contribution in [2.75, 3.05) is 0 Å². The van der Waals surface area contributed by atoms with Gasteiger partial charge in [0.15, 0.2) is 0 Å². The smallest absolute Gasteiger partial charge is 0.324 e. The normalized spacial score (nSPS) is 10.1. The van der Waals surface area contributed by atoms with Crippen molar-refractivity contribution in [3.63, 3.8) is 0 Å². The van der Waals surface area contributed by atoms with Gasteiger partial charge in [-0.25, -0.2) is 4.79 Å². The van der Waals surface area contributed by atoms with Gasteiger partial charge >= 0.3 is 5.69 Å². The molecule has 0 radical (unpaired) electrons. The first-order chi connectivity index (χ1) is 11.5. The number of aromatic amines is 1. The molecule has 7 heteroatoms. The SMILES string of the molecule is CC.Cn1c(=O)[nH]c(=O)c2c1c(C#N)c(Br)n2Cc1ccccc1. The van der Waals surface area contributed by atoms with Crippen LogP contribution in [0.5, 0.6) is 0 Å². The molecule has 124 valence electrons. The molecule has 0 unspecified atom stereocenters. The minimum atomic E-state index is -0.543. The second-order valence-corrected chi connectivity index (χ2v) is 5.62. The molecule has 0 aliphatic heterocycles. The fourth-order valence-electron chi connectivity index (χ4n) is 2.49. The standard InChI is InChI=1S/C15H11BrN4O2.C2H6/c1-19-11-10(7-17)13(16)20(8-9-5-3-2-4-6-9)12(11)14(21)18-15(19)22;1-2/h2-6H,8H2,1H3,(H,18,21,22);1-2H3. The summed E-state index contributed by atoms with van der Waals surface area (Å²) in [5, 5.41) is 9.38. The third-order valence-electron chi connectivity index (χ3n) is 3.55. The highest BCUT2D eigenvalue weighted by atomic mass is 79.9. The zero-order valence-electron chi connectivity index (χ0n) is 13.6. The summed E-state index contributed by atoms with van der Waals surface area (Å²) in [7, 11) is 1.53. The second kappa shape index (κ2) is 7.32. The van der Waals surface area contributed by atoms with E-state index in [0.29, 0.717) is 22.2 Å². The summed E-state index contributed by atoms with van der Waals surface area (Å²) in [6, 6.07) is 11.6. The molecule has 0 bridgehead atoms. The lowest BCUT2D eigenvalue weighted by molar-refractivity contribution is 0.795. The van der Waals surface area contributed by atoms with Gasteiger partial charge in [0.05, 0.1) is 5.52 Å². The number of fused-ring (bicyclic) bond motifs is 1. The van der Waals surface area contributed by atoms with Crippen LogP contribution in [0.2, 0.25) is 0 Å². The zero-order chi connectivity index (χ0) is 17.9. The highest BCUT2D eigenvalue weighted by Gasteiger charge is 2.21. The molecule has 1 N–H and O–H groups in total. The molecule has 3 rings (SSSR count). The number of aromatic nitrogens is 3. The van der Waals surface area contributed by atoms with E-state index in [-0.39, 0.29) is 5.56 Å². The van der Waals surface area contributed by atoms with Gasteiger partial charge in [0, 0.05) is 13.6 Å². The van der Waals surface area contributed by atoms with Gasteiger partial charge in [-0.1, -0.05) is 44.2 Å². The fourth-order valence-corrected chi connectivity index (χ4v) is 3.07. The molecule has 6 nitrogen and oxygen atoms in total. The van der Waals surface area contributed by atoms with Gasteiger partial charge < -0.3 is 4.57 Å². The Bertz CT molecular complexity index is 1020. The fraction of sp³-hybridized carbons (Fsp3) is 0.235. The van der Waals surface area contributed by atoms with Gasteiger partial charge in [0.2, 0.25) is 0 Å². The van der Waals surface area contributed by atoms with Gasteiger partial charge in [-0.15, -0.1) is 0 Å². The van der Waals surface area contributed by atoms with E-state index >= 15 is 0 Å². The monoisotopic (exact) mass is 388 g/mol. The van der Waals surface area contributed by atoms with Crippen LogP contribution in [0.3, 0.4) is 0 Å². The highest BCUT2D eigenvalue weighted by molar-refractivity contribution is 9.10. The lowest BCUT2D eigenvalue weighted by atomic mass is 10.2. The molecule has 1 aromatic carbocycles. The van der Waals surface area contributed by atoms with Gasteiger partial charge in [0.1, 0.15) is 21.8 Å². The quantitative estimate of drug-likeness (QED) is 0.732. The number of hydrogen-bond donors (Lipinski definition) is 1. The molecule has 0 fully saturated rings. The summed E-state index contributed by atoms with van der Waals surface area (Å²) in [4.78, 5) is 26.3. The molecule has 0 atom stereocenters. The molecule has 0 saturated heterocycles. The van der Waals surface area contributed by atoms with Crippen molar-refractivity contribution in [3.05, 3.63) is 66.9 Å². The van der Waals surface area contributed by atoms with Crippen LogP contribution in [-0.4, -0.2) is 14.1 Å². The van der Waals surface area contributed by atoms with E-state index < -0.39 is 11.2 Å². The predicted octanol–water partition coefficient (Wildman–Crippen LogP) is 2.74. The van der Waals surface area contributed by atoms with Crippen molar-refractivity contribution in [1.29, 1.82) is 5.26 Å². The lowest BCUT2D eigenvalue weighted by Crippen LogP contribution is -2.29. The van der Waals surface area contributed by atoms with Crippen LogP contribution < -0.4 is 11.2 Å². The van der Waals surface area contributed by atoms with Gasteiger partial charge in [-0.2, -0.15) is 5.26 Å². The summed E-state index contributed by atoms with van der Waals surface area (Å²) in [6.45, 7) is 4.42. The predicted molar refractivity (Wildman–Crippen MR) is 97.1 cm³/mol. The highest BCUT2D eigenvalue weighted by Crippen LogP contribution is 2.27. The third-order valence-corrected chi connectivity index (χ3v) is 4.37. The van der Waals surface area contributed by atoms with Crippen LogP contribution in [0.15, 0.2) is 44.5 Å². The van der Waals surface area contributed by atoms with E-state index in [1.807, 2.05) is 44.2 Å². The molecule has 2 aromatic heterocycles. The number of H-pyrrole nitrogens is 1. The van der Waals surface area contributed by atoms with Gasteiger partial charge in [-0.3, -0.25) is 14.3 Å². The molecular formula is C17H17BrN4O2. The largest absolute Gasteiger partial charge is 0.328 e. The van der Waals surface area contributed by atoms with Crippen LogP contribution in [-0.2, 0) is 13.6 Å². The summed E-state index contributed by atoms with van der Waals surface area (Å²) < 4.78 is 3.46. The Hall–Kier alpha value is -2.59. The maximum Gasteiger partial charge on any atom is 0.328 e. The zero-order valence-corrected chi connectivity index (χ0v) is 15.2. The summed E-state index contributed by atoms with van der Waals surface area (Å²) in [5.74, 6) is 0. The maximum absolute atomic E-state index is 12.2. The second-order valence-electron chi connectivity index (χ2n) is 4.86. The van der Waals surface area contributed by atoms with Crippen molar-refractivity contribution >= 4 is 27.0 Å². The minimum Gasteiger partial charge on any atom is -0.324 e. The first-order valence-corrected chi connectivity index (χ1v) is 8.29. The number of nitriles is 1. The Morgan fingerprint density at radius 1 is 1.17 bits per heavy atom. The number of benzene rings is 1. The molecular weight excluding hydrogens is 372 g/mol. The summed E-state index contributed by atoms with van der Waals surface area (Å²) in [6.07, 6.45) is 0. The van der Waals surface area contributed by atoms with Crippen LogP contribution in [0.1, 0.15) is 25.0 Å². The molecule has 0 aliphatic carbocycles. The molecule has 24 heavy (non-hydrogen) atoms. The van der Waals surface area contributed by atoms with E-state index in [2.05, 4.69) is 27.0 Å². The van der Waals surface area contributed by atoms with Crippen LogP contribution in [0, 0.1) is 11.3 Å². The average Bonchev–Trinajstić information content (AvgIpc) is 2.88. The van der Waals surface area contributed by atoms with Crippen LogP contribution in [0.4, 0.5) is 0 Å². The number of rotatable bonds is 2. The molecule has 0 spiro atoms. The minimum absolute atomic E-state index is 0.275. The van der Waals surface area contributed by atoms with Crippen molar-refractivity contribution in [3.8, 4) is 6.07 Å². The van der Waals surface area contributed by atoms with Crippen molar-refractivity contribution < 1.29 is 0 Å². The Labute approximate surface area is 147 Å². The first-order valence-electron chi connectivity index (χ1n) is 7.49. The first kappa shape index (κ1) is 17.8. The summed E-state index contributed by atoms with van der Waals surface area (Å²) in [5.41, 5.74) is 0.845. The van der Waals surface area contributed by atoms with Gasteiger partial charge in [0.25, 0.3) is 5.56 Å². The van der Waals surface area contributed by atoms with Crippen molar-refractivity contribution in [2.45, 2.75) is 20.4 Å². The number of nitrogens with one attached hydrogen (secondary N) is 1. The lowest BCUT2D eigenvalue weighted by Gasteiger charge is -2.07. The third kappa shape index (κ3) is 2.93. The van der Waals surface area contributed by atoms with E-state index in [9.17, 15) is 14.9 Å². The van der Waals surface area contributed by atoms with Crippen molar-refractivity contribution in [2.24, 2.45) is 7.05 Å². The topological polar surface area (TPSA) is 83.6 Å². The molecule has 0 amide bonds. The molecule has 2 heterocycles. The van der Waals surface area contributed by atoms with Crippen molar-refractivity contribution in [1.82, 2.24) is 14.1 Å². The molecule has 3 aromatic rings. The Morgan fingerprint density at radius 3 is 2.38 bits per heavy atom. The molecule has 0 aliphatic rings. The van der Waals surface area contributed by atoms with Crippen LogP contribution in [0.25, 0.3) is 11.0 Å². The maximum atomic E-state index is 12.2. The Kier molecular flexibility index (Phi) is 5.42. The van der Waals surface area contributed by atoms with E-state index in [1.165, 1.54) is 11.6 Å². The Balaban J connectivity index is 0.00000100. The van der Waals surface area contributed by atoms with Gasteiger partial charge in [-0.05, 0) is 21.5 Å². The van der Waals surface area contributed by atoms with E-state index in [0.717, 1.165) is 5.56 Å². The number of nitrogens with zero attached hydrogens (tertiary/aromatic N) is 3.